The van der Waals surface area contributed by atoms with Crippen molar-refractivity contribution in [3.05, 3.63) is 130 Å². The van der Waals surface area contributed by atoms with E-state index in [2.05, 4.69) is 94.4 Å². The van der Waals surface area contributed by atoms with Crippen molar-refractivity contribution >= 4 is 50.3 Å². The van der Waals surface area contributed by atoms with Gasteiger partial charge in [-0.2, -0.15) is 0 Å². The maximum absolute atomic E-state index is 13.9. The summed E-state index contributed by atoms with van der Waals surface area (Å²) < 4.78 is 0. The fraction of sp³-hybridized carbons (Fsp3) is 0.114. The molecule has 4 bridgehead atoms. The highest BCUT2D eigenvalue weighted by Gasteiger charge is 2.14. The summed E-state index contributed by atoms with van der Waals surface area (Å²) >= 11 is 0. The molecule has 0 spiro atoms. The molecular formula is C35H30O. The molecule has 1 nitrogen and oxygen atoms in total. The van der Waals surface area contributed by atoms with Crippen LogP contribution in [0.2, 0.25) is 0 Å². The van der Waals surface area contributed by atoms with Gasteiger partial charge in [-0.1, -0.05) is 108 Å². The minimum atomic E-state index is 0.0423. The molecule has 0 saturated heterocycles. The lowest BCUT2D eigenvalue weighted by molar-refractivity contribution is 0.104. The Hall–Kier alpha value is -4.23. The molecule has 0 atom stereocenters. The van der Waals surface area contributed by atoms with E-state index in [1.165, 1.54) is 16.7 Å². The lowest BCUT2D eigenvalue weighted by atomic mass is 9.93. The number of fused-ring (bicyclic) bond motifs is 5. The summed E-state index contributed by atoms with van der Waals surface area (Å²) in [5.41, 5.74) is 6.25. The first-order valence-electron chi connectivity index (χ1n) is 12.4. The van der Waals surface area contributed by atoms with Gasteiger partial charge in [0.2, 0.25) is 0 Å². The quantitative estimate of drug-likeness (QED) is 0.241. The van der Waals surface area contributed by atoms with E-state index in [1.54, 1.807) is 0 Å². The molecule has 0 saturated carbocycles. The number of carbonyl (C=O) groups excluding carboxylic acids is 1. The molecule has 5 aromatic carbocycles. The summed E-state index contributed by atoms with van der Waals surface area (Å²) in [5, 5.41) is 6.46. The highest BCUT2D eigenvalue weighted by atomic mass is 16.1. The summed E-state index contributed by atoms with van der Waals surface area (Å²) in [6.45, 7) is 8.47. The third-order valence-corrected chi connectivity index (χ3v) is 6.46. The molecule has 0 radical (unpaired) electrons. The molecule has 5 aromatic rings. The van der Waals surface area contributed by atoms with Crippen LogP contribution in [0.3, 0.4) is 0 Å². The summed E-state index contributed by atoms with van der Waals surface area (Å²) in [7, 11) is 0. The van der Waals surface area contributed by atoms with Gasteiger partial charge in [-0.3, -0.25) is 4.79 Å². The molecule has 0 aliphatic carbocycles. The van der Waals surface area contributed by atoms with Gasteiger partial charge in [-0.25, -0.2) is 0 Å². The second-order valence-corrected chi connectivity index (χ2v) is 9.88. The zero-order valence-electron chi connectivity index (χ0n) is 21.3. The van der Waals surface area contributed by atoms with Gasteiger partial charge in [0, 0.05) is 11.1 Å². The normalized spacial score (nSPS) is 10.9. The second-order valence-electron chi connectivity index (χ2n) is 9.88. The van der Waals surface area contributed by atoms with Crippen molar-refractivity contribution in [2.45, 2.75) is 27.7 Å². The lowest BCUT2D eigenvalue weighted by Gasteiger charge is -2.10. The first-order chi connectivity index (χ1) is 17.4. The van der Waals surface area contributed by atoms with E-state index in [9.17, 15) is 4.79 Å². The van der Waals surface area contributed by atoms with Crippen molar-refractivity contribution in [3.63, 3.8) is 0 Å². The fourth-order valence-corrected chi connectivity index (χ4v) is 4.85. The van der Waals surface area contributed by atoms with Crippen LogP contribution in [0.25, 0.3) is 44.5 Å². The van der Waals surface area contributed by atoms with Gasteiger partial charge >= 0.3 is 0 Å². The van der Waals surface area contributed by atoms with Gasteiger partial charge in [0.05, 0.1) is 0 Å². The second kappa shape index (κ2) is 9.79. The maximum atomic E-state index is 13.9. The summed E-state index contributed by atoms with van der Waals surface area (Å²) in [6.07, 6.45) is 4.44. The van der Waals surface area contributed by atoms with Crippen molar-refractivity contribution in [2.75, 3.05) is 0 Å². The third kappa shape index (κ3) is 4.65. The molecule has 0 unspecified atom stereocenters. The van der Waals surface area contributed by atoms with Crippen LogP contribution in [0.15, 0.2) is 108 Å². The molecule has 176 valence electrons. The number of ketones is 1. The van der Waals surface area contributed by atoms with E-state index >= 15 is 0 Å². The van der Waals surface area contributed by atoms with Gasteiger partial charge in [0.25, 0.3) is 0 Å². The summed E-state index contributed by atoms with van der Waals surface area (Å²) in [4.78, 5) is 13.9. The minimum Gasteiger partial charge on any atom is -0.289 e. The highest BCUT2D eigenvalue weighted by Crippen LogP contribution is 2.29. The average Bonchev–Trinajstić information content (AvgIpc) is 2.86. The van der Waals surface area contributed by atoms with Crippen molar-refractivity contribution in [2.24, 2.45) is 0 Å². The van der Waals surface area contributed by atoms with Crippen LogP contribution >= 0.6 is 0 Å². The van der Waals surface area contributed by atoms with Crippen LogP contribution in [0.5, 0.6) is 0 Å². The van der Waals surface area contributed by atoms with Gasteiger partial charge in [-0.15, -0.1) is 0 Å². The molecule has 0 fully saturated rings. The zero-order valence-corrected chi connectivity index (χ0v) is 21.3. The number of benzene rings is 4. The van der Waals surface area contributed by atoms with Gasteiger partial charge in [0.15, 0.2) is 5.78 Å². The average molecular weight is 467 g/mol. The Kier molecular flexibility index (Phi) is 6.40. The molecular weight excluding hydrogens is 436 g/mol. The molecule has 5 rings (SSSR count). The van der Waals surface area contributed by atoms with Gasteiger partial charge < -0.3 is 0 Å². The van der Waals surface area contributed by atoms with Crippen LogP contribution in [0, 0.1) is 0 Å². The first kappa shape index (κ1) is 23.5. The molecule has 1 heteroatoms. The largest absolute Gasteiger partial charge is 0.289 e. The Morgan fingerprint density at radius 2 is 1.00 bits per heavy atom. The maximum Gasteiger partial charge on any atom is 0.193 e. The van der Waals surface area contributed by atoms with Crippen molar-refractivity contribution in [1.29, 1.82) is 0 Å². The van der Waals surface area contributed by atoms with Gasteiger partial charge in [0.1, 0.15) is 0 Å². The number of carbonyl (C=O) groups is 1. The Morgan fingerprint density at radius 1 is 0.528 bits per heavy atom. The Labute approximate surface area is 213 Å². The standard InChI is InChI=1S/C35H30O/c1-23(2)19-33-26-10-7-11-27(33)16-18-29-22-30(21-28(17-15-26)34(29)20-24(3)4)35(36)32-14-8-12-25-9-5-6-13-31(25)32/h5-22H,1-4H3. The van der Waals surface area contributed by atoms with E-state index in [4.69, 9.17) is 0 Å². The minimum absolute atomic E-state index is 0.0423. The van der Waals surface area contributed by atoms with Gasteiger partial charge in [-0.05, 0) is 83.3 Å². The first-order valence-corrected chi connectivity index (χ1v) is 12.4. The zero-order chi connectivity index (χ0) is 25.2. The van der Waals surface area contributed by atoms with Crippen LogP contribution in [-0.4, -0.2) is 5.78 Å². The molecule has 0 aliphatic rings. The lowest BCUT2D eigenvalue weighted by Crippen LogP contribution is -2.02. The molecule has 0 heterocycles. The van der Waals surface area contributed by atoms with Crippen LogP contribution in [0.1, 0.15) is 54.7 Å². The predicted molar refractivity (Wildman–Crippen MR) is 156 cm³/mol. The third-order valence-electron chi connectivity index (χ3n) is 6.46. The number of hydrogen-bond acceptors (Lipinski definition) is 1. The van der Waals surface area contributed by atoms with Crippen LogP contribution < -0.4 is 0 Å². The molecule has 0 aromatic heterocycles. The fourth-order valence-electron chi connectivity index (χ4n) is 4.85. The van der Waals surface area contributed by atoms with E-state index in [-0.39, 0.29) is 5.78 Å². The number of hydrogen-bond donors (Lipinski definition) is 0. The Morgan fingerprint density at radius 3 is 1.61 bits per heavy atom. The van der Waals surface area contributed by atoms with E-state index in [1.807, 2.05) is 42.5 Å². The van der Waals surface area contributed by atoms with E-state index in [0.29, 0.717) is 5.56 Å². The molecule has 0 aliphatic heterocycles. The SMILES string of the molecule is CC(C)=Cc1c2cccc1ccc1cc(C(=O)c3cccc4ccccc34)cc(cc2)c1C=C(C)C. The van der Waals surface area contributed by atoms with Crippen molar-refractivity contribution in [1.82, 2.24) is 0 Å². The highest BCUT2D eigenvalue weighted by molar-refractivity contribution is 6.18. The molecule has 0 amide bonds. The Bertz CT molecular complexity index is 1660. The molecule has 0 N–H and O–H groups in total. The van der Waals surface area contributed by atoms with Crippen LogP contribution in [-0.2, 0) is 0 Å². The van der Waals surface area contributed by atoms with Crippen LogP contribution in [0.4, 0.5) is 0 Å². The van der Waals surface area contributed by atoms with E-state index < -0.39 is 0 Å². The molecule has 36 heavy (non-hydrogen) atoms. The summed E-state index contributed by atoms with van der Waals surface area (Å²) in [6, 6.07) is 33.1. The predicted octanol–water partition coefficient (Wildman–Crippen LogP) is 9.79. The Balaban J connectivity index is 1.83. The van der Waals surface area contributed by atoms with Crippen molar-refractivity contribution in [3.8, 4) is 0 Å². The number of allylic oxidation sites excluding steroid dienone is 2. The van der Waals surface area contributed by atoms with E-state index in [0.717, 1.165) is 43.4 Å². The monoisotopic (exact) mass is 466 g/mol. The smallest absolute Gasteiger partial charge is 0.193 e. The summed E-state index contributed by atoms with van der Waals surface area (Å²) in [5.74, 6) is 0.0423. The number of rotatable bonds is 4. The van der Waals surface area contributed by atoms with Crippen molar-refractivity contribution < 1.29 is 4.79 Å². The topological polar surface area (TPSA) is 17.1 Å².